The van der Waals surface area contributed by atoms with Gasteiger partial charge in [-0.3, -0.25) is 9.69 Å². The van der Waals surface area contributed by atoms with Crippen molar-refractivity contribution < 1.29 is 14.7 Å². The number of nitrogens with one attached hydrogen (secondary N) is 1. The average molecular weight is 312 g/mol. The number of urea groups is 1. The summed E-state index contributed by atoms with van der Waals surface area (Å²) in [5, 5.41) is 12.1. The van der Waals surface area contributed by atoms with Crippen LogP contribution in [0.25, 0.3) is 0 Å². The van der Waals surface area contributed by atoms with Gasteiger partial charge in [0.15, 0.2) is 0 Å². The summed E-state index contributed by atoms with van der Waals surface area (Å²) in [6, 6.07) is 6.81. The van der Waals surface area contributed by atoms with Crippen LogP contribution in [0.3, 0.4) is 0 Å². The summed E-state index contributed by atoms with van der Waals surface area (Å²) in [6.45, 7) is 3.11. The maximum Gasteiger partial charge on any atom is 0.321 e. The van der Waals surface area contributed by atoms with E-state index in [0.717, 1.165) is 0 Å². The zero-order valence-electron chi connectivity index (χ0n) is 11.6. The zero-order chi connectivity index (χ0) is 15.2. The summed E-state index contributed by atoms with van der Waals surface area (Å²) in [6.07, 6.45) is 0.136. The Morgan fingerprint density at radius 2 is 1.76 bits per heavy atom. The number of carbonyl (C=O) groups is 2. The van der Waals surface area contributed by atoms with E-state index >= 15 is 0 Å². The van der Waals surface area contributed by atoms with Crippen molar-refractivity contribution in [3.63, 3.8) is 0 Å². The van der Waals surface area contributed by atoms with Crippen LogP contribution in [0.4, 0.5) is 10.5 Å². The first-order valence-corrected chi connectivity index (χ1v) is 7.18. The molecule has 2 rings (SSSR count). The normalized spacial score (nSPS) is 15.8. The van der Waals surface area contributed by atoms with Gasteiger partial charge in [0.2, 0.25) is 0 Å². The molecule has 0 bridgehead atoms. The van der Waals surface area contributed by atoms with Crippen LogP contribution in [0.15, 0.2) is 24.3 Å². The molecule has 0 atom stereocenters. The van der Waals surface area contributed by atoms with E-state index < -0.39 is 5.97 Å². The molecule has 1 aromatic rings. The fourth-order valence-electron chi connectivity index (χ4n) is 2.16. The predicted octanol–water partition coefficient (Wildman–Crippen LogP) is 1.96. The highest BCUT2D eigenvalue weighted by atomic mass is 35.5. The molecule has 1 aliphatic heterocycles. The minimum atomic E-state index is -0.794. The number of benzene rings is 1. The molecule has 2 N–H and O–H groups in total. The number of hydrogen-bond donors (Lipinski definition) is 2. The van der Waals surface area contributed by atoms with Crippen molar-refractivity contribution in [2.24, 2.45) is 0 Å². The van der Waals surface area contributed by atoms with Crippen molar-refractivity contribution >= 4 is 29.3 Å². The molecule has 7 heteroatoms. The van der Waals surface area contributed by atoms with E-state index in [1.54, 1.807) is 29.2 Å². The van der Waals surface area contributed by atoms with Crippen LogP contribution in [-0.4, -0.2) is 59.6 Å². The molecule has 0 aromatic heterocycles. The summed E-state index contributed by atoms with van der Waals surface area (Å²) in [7, 11) is 0. The quantitative estimate of drug-likeness (QED) is 0.891. The fourth-order valence-corrected chi connectivity index (χ4v) is 2.29. The van der Waals surface area contributed by atoms with Gasteiger partial charge in [-0.1, -0.05) is 11.6 Å². The molecule has 0 spiro atoms. The SMILES string of the molecule is O=C(O)CCN1CCN(C(=O)Nc2ccc(Cl)cc2)CC1. The van der Waals surface area contributed by atoms with Gasteiger partial charge >= 0.3 is 12.0 Å². The van der Waals surface area contributed by atoms with Crippen LogP contribution < -0.4 is 5.32 Å². The van der Waals surface area contributed by atoms with Gasteiger partial charge in [0.05, 0.1) is 6.42 Å². The third kappa shape index (κ3) is 4.91. The van der Waals surface area contributed by atoms with Crippen LogP contribution >= 0.6 is 11.6 Å². The molecular weight excluding hydrogens is 294 g/mol. The van der Waals surface area contributed by atoms with Gasteiger partial charge in [-0.25, -0.2) is 4.79 Å². The molecule has 1 aliphatic rings. The summed E-state index contributed by atoms with van der Waals surface area (Å²) in [5.74, 6) is -0.794. The minimum absolute atomic E-state index is 0.136. The van der Waals surface area contributed by atoms with Gasteiger partial charge in [-0.05, 0) is 24.3 Å². The Bertz CT molecular complexity index is 499. The molecule has 0 radical (unpaired) electrons. The molecule has 21 heavy (non-hydrogen) atoms. The Hall–Kier alpha value is -1.79. The Morgan fingerprint density at radius 3 is 2.33 bits per heavy atom. The van der Waals surface area contributed by atoms with Gasteiger partial charge in [-0.15, -0.1) is 0 Å². The van der Waals surface area contributed by atoms with Crippen LogP contribution in [-0.2, 0) is 4.79 Å². The number of halogens is 1. The van der Waals surface area contributed by atoms with Gasteiger partial charge in [0.25, 0.3) is 0 Å². The second-order valence-corrected chi connectivity index (χ2v) is 5.35. The lowest BCUT2D eigenvalue weighted by atomic mass is 10.3. The minimum Gasteiger partial charge on any atom is -0.481 e. The van der Waals surface area contributed by atoms with E-state index in [-0.39, 0.29) is 12.5 Å². The molecule has 6 nitrogen and oxygen atoms in total. The Morgan fingerprint density at radius 1 is 1.14 bits per heavy atom. The van der Waals surface area contributed by atoms with Crippen molar-refractivity contribution in [1.29, 1.82) is 0 Å². The molecule has 0 saturated carbocycles. The summed E-state index contributed by atoms with van der Waals surface area (Å²) < 4.78 is 0. The maximum atomic E-state index is 12.1. The van der Waals surface area contributed by atoms with Crippen molar-refractivity contribution in [2.75, 3.05) is 38.0 Å². The molecule has 0 unspecified atom stereocenters. The Kier molecular flexibility index (Phi) is 5.41. The number of nitrogens with zero attached hydrogens (tertiary/aromatic N) is 2. The molecule has 1 aromatic carbocycles. The number of amides is 2. The fraction of sp³-hybridized carbons (Fsp3) is 0.429. The highest BCUT2D eigenvalue weighted by Gasteiger charge is 2.21. The van der Waals surface area contributed by atoms with Crippen molar-refractivity contribution in [1.82, 2.24) is 9.80 Å². The lowest BCUT2D eigenvalue weighted by Gasteiger charge is -2.34. The van der Waals surface area contributed by atoms with Crippen molar-refractivity contribution in [3.8, 4) is 0 Å². The number of aliphatic carboxylic acids is 1. The van der Waals surface area contributed by atoms with E-state index in [1.165, 1.54) is 0 Å². The first-order valence-electron chi connectivity index (χ1n) is 6.80. The van der Waals surface area contributed by atoms with E-state index in [9.17, 15) is 9.59 Å². The standard InChI is InChI=1S/C14H18ClN3O3/c15-11-1-3-12(4-2-11)16-14(21)18-9-7-17(8-10-18)6-5-13(19)20/h1-4H,5-10H2,(H,16,21)(H,19,20). The molecule has 1 saturated heterocycles. The van der Waals surface area contributed by atoms with Crippen LogP contribution in [0.2, 0.25) is 5.02 Å². The molecule has 2 amide bonds. The van der Waals surface area contributed by atoms with Gasteiger partial charge in [0.1, 0.15) is 0 Å². The van der Waals surface area contributed by atoms with Crippen LogP contribution in [0.1, 0.15) is 6.42 Å². The first-order chi connectivity index (χ1) is 10.0. The smallest absolute Gasteiger partial charge is 0.321 e. The number of carboxylic acids is 1. The van der Waals surface area contributed by atoms with Crippen molar-refractivity contribution in [2.45, 2.75) is 6.42 Å². The Labute approximate surface area is 128 Å². The largest absolute Gasteiger partial charge is 0.481 e. The number of carboxylic acid groups (broad SMARTS) is 1. The van der Waals surface area contributed by atoms with Gasteiger partial charge < -0.3 is 15.3 Å². The lowest BCUT2D eigenvalue weighted by Crippen LogP contribution is -2.50. The first kappa shape index (κ1) is 15.6. The molecular formula is C14H18ClN3O3. The second kappa shape index (κ2) is 7.28. The lowest BCUT2D eigenvalue weighted by molar-refractivity contribution is -0.137. The summed E-state index contributed by atoms with van der Waals surface area (Å²) in [4.78, 5) is 26.4. The van der Waals surface area contributed by atoms with E-state index in [0.29, 0.717) is 43.4 Å². The topological polar surface area (TPSA) is 72.9 Å². The van der Waals surface area contributed by atoms with Crippen molar-refractivity contribution in [3.05, 3.63) is 29.3 Å². The average Bonchev–Trinajstić information content (AvgIpc) is 2.48. The number of anilines is 1. The highest BCUT2D eigenvalue weighted by molar-refractivity contribution is 6.30. The highest BCUT2D eigenvalue weighted by Crippen LogP contribution is 2.14. The molecule has 0 aliphatic carbocycles. The number of rotatable bonds is 4. The Balaban J connectivity index is 1.77. The molecule has 1 heterocycles. The second-order valence-electron chi connectivity index (χ2n) is 4.91. The number of piperazine rings is 1. The van der Waals surface area contributed by atoms with E-state index in [2.05, 4.69) is 10.2 Å². The monoisotopic (exact) mass is 311 g/mol. The number of hydrogen-bond acceptors (Lipinski definition) is 3. The molecule has 1 fully saturated rings. The third-order valence-electron chi connectivity index (χ3n) is 3.40. The summed E-state index contributed by atoms with van der Waals surface area (Å²) >= 11 is 5.79. The third-order valence-corrected chi connectivity index (χ3v) is 3.65. The van der Waals surface area contributed by atoms with Crippen LogP contribution in [0.5, 0.6) is 0 Å². The predicted molar refractivity (Wildman–Crippen MR) is 80.7 cm³/mol. The van der Waals surface area contributed by atoms with Gasteiger partial charge in [0, 0.05) is 43.4 Å². The molecule has 114 valence electrons. The number of carbonyl (C=O) groups excluding carboxylic acids is 1. The van der Waals surface area contributed by atoms with Gasteiger partial charge in [-0.2, -0.15) is 0 Å². The van der Waals surface area contributed by atoms with E-state index in [1.807, 2.05) is 0 Å². The maximum absolute atomic E-state index is 12.1. The van der Waals surface area contributed by atoms with E-state index in [4.69, 9.17) is 16.7 Å². The van der Waals surface area contributed by atoms with Crippen LogP contribution in [0, 0.1) is 0 Å². The zero-order valence-corrected chi connectivity index (χ0v) is 12.3. The summed E-state index contributed by atoms with van der Waals surface area (Å²) in [5.41, 5.74) is 0.706.